The lowest BCUT2D eigenvalue weighted by atomic mass is 9.83. The number of aromatic nitrogens is 2. The summed E-state index contributed by atoms with van der Waals surface area (Å²) in [6, 6.07) is 19.9. The molecule has 0 aliphatic heterocycles. The molecule has 0 spiro atoms. The van der Waals surface area contributed by atoms with Gasteiger partial charge < -0.3 is 0 Å². The van der Waals surface area contributed by atoms with E-state index < -0.39 is 0 Å². The number of aryl methyl sites for hydroxylation is 3. The van der Waals surface area contributed by atoms with E-state index >= 15 is 0 Å². The molecule has 0 saturated heterocycles. The first-order valence-electron chi connectivity index (χ1n) is 10.7. The van der Waals surface area contributed by atoms with E-state index in [0.29, 0.717) is 0 Å². The van der Waals surface area contributed by atoms with Gasteiger partial charge >= 0.3 is 0 Å². The average molecular weight is 410 g/mol. The van der Waals surface area contributed by atoms with Crippen molar-refractivity contribution < 1.29 is 8.96 Å². The van der Waals surface area contributed by atoms with Crippen LogP contribution in [-0.2, 0) is 12.5 Å². The Hall–Kier alpha value is -3.33. The van der Waals surface area contributed by atoms with Crippen molar-refractivity contribution in [1.29, 1.82) is 0 Å². The molecule has 1 aliphatic carbocycles. The van der Waals surface area contributed by atoms with Gasteiger partial charge in [0.2, 0.25) is 5.69 Å². The zero-order valence-corrected chi connectivity index (χ0v) is 18.6. The second-order valence-corrected chi connectivity index (χ2v) is 9.10. The molecule has 4 aromatic rings. The van der Waals surface area contributed by atoms with Crippen LogP contribution in [0.2, 0.25) is 0 Å². The van der Waals surface area contributed by atoms with Crippen molar-refractivity contribution in [2.45, 2.75) is 33.1 Å². The SMILES string of the molecule is Cc1ccc2c(n1)C(C)(C)c1cc(C)c(-c3cc(-c4ccc(F)cc4)cc[n+]3C)cc1-2. The molecule has 2 heterocycles. The molecule has 0 amide bonds. The van der Waals surface area contributed by atoms with Gasteiger partial charge in [0.15, 0.2) is 6.20 Å². The van der Waals surface area contributed by atoms with Crippen LogP contribution in [-0.4, -0.2) is 4.98 Å². The van der Waals surface area contributed by atoms with Crippen LogP contribution in [0.1, 0.15) is 36.4 Å². The summed E-state index contributed by atoms with van der Waals surface area (Å²) in [5.74, 6) is -0.218. The van der Waals surface area contributed by atoms with E-state index in [1.165, 1.54) is 39.9 Å². The third-order valence-corrected chi connectivity index (χ3v) is 6.56. The van der Waals surface area contributed by atoms with Crippen LogP contribution in [0.15, 0.2) is 66.9 Å². The van der Waals surface area contributed by atoms with Crippen molar-refractivity contribution >= 4 is 0 Å². The molecule has 0 atom stereocenters. The van der Waals surface area contributed by atoms with Crippen molar-refractivity contribution in [3.63, 3.8) is 0 Å². The quantitative estimate of drug-likeness (QED) is 0.355. The van der Waals surface area contributed by atoms with Gasteiger partial charge in [0.25, 0.3) is 0 Å². The summed E-state index contributed by atoms with van der Waals surface area (Å²) in [6.45, 7) is 8.76. The van der Waals surface area contributed by atoms with Crippen LogP contribution in [0.25, 0.3) is 33.5 Å². The van der Waals surface area contributed by atoms with Crippen molar-refractivity contribution in [3.05, 3.63) is 95.2 Å². The zero-order chi connectivity index (χ0) is 21.9. The molecule has 0 unspecified atom stereocenters. The second-order valence-electron chi connectivity index (χ2n) is 9.10. The van der Waals surface area contributed by atoms with Crippen LogP contribution >= 0.6 is 0 Å². The molecular weight excluding hydrogens is 383 g/mol. The highest BCUT2D eigenvalue weighted by molar-refractivity contribution is 5.84. The first-order chi connectivity index (χ1) is 14.8. The summed E-state index contributed by atoms with van der Waals surface area (Å²) in [4.78, 5) is 4.90. The maximum atomic E-state index is 13.4. The van der Waals surface area contributed by atoms with Crippen molar-refractivity contribution in [2.24, 2.45) is 7.05 Å². The van der Waals surface area contributed by atoms with E-state index in [0.717, 1.165) is 28.2 Å². The van der Waals surface area contributed by atoms with E-state index in [1.54, 1.807) is 0 Å². The average Bonchev–Trinajstić information content (AvgIpc) is 2.95. The van der Waals surface area contributed by atoms with Crippen LogP contribution in [0, 0.1) is 19.7 Å². The minimum Gasteiger partial charge on any atom is -0.257 e. The van der Waals surface area contributed by atoms with Crippen LogP contribution in [0.4, 0.5) is 4.39 Å². The van der Waals surface area contributed by atoms with Gasteiger partial charge in [-0.1, -0.05) is 38.1 Å². The highest BCUT2D eigenvalue weighted by atomic mass is 19.1. The number of benzene rings is 2. The molecule has 0 N–H and O–H groups in total. The standard InChI is InChI=1S/C28H26FN2/c1-17-14-25-24(22-11-6-18(2)30-27(22)28(25,3)4)16-23(17)26-15-20(12-13-31(26)5)19-7-9-21(29)10-8-19/h6-16H,1-5H3/q+1. The third-order valence-electron chi connectivity index (χ3n) is 6.56. The van der Waals surface area contributed by atoms with Gasteiger partial charge in [-0.25, -0.2) is 8.96 Å². The van der Waals surface area contributed by atoms with Gasteiger partial charge in [-0.3, -0.25) is 4.98 Å². The Bertz CT molecular complexity index is 1330. The second kappa shape index (κ2) is 6.84. The highest BCUT2D eigenvalue weighted by Crippen LogP contribution is 2.49. The normalized spacial score (nSPS) is 13.7. The summed E-state index contributed by atoms with van der Waals surface area (Å²) in [5, 5.41) is 0. The summed E-state index contributed by atoms with van der Waals surface area (Å²) in [6.07, 6.45) is 2.07. The van der Waals surface area contributed by atoms with E-state index in [-0.39, 0.29) is 11.2 Å². The highest BCUT2D eigenvalue weighted by Gasteiger charge is 2.38. The summed E-state index contributed by atoms with van der Waals surface area (Å²) < 4.78 is 15.5. The van der Waals surface area contributed by atoms with Gasteiger partial charge in [0.1, 0.15) is 12.9 Å². The molecule has 5 rings (SSSR count). The van der Waals surface area contributed by atoms with Crippen LogP contribution in [0.5, 0.6) is 0 Å². The number of hydrogen-bond donors (Lipinski definition) is 0. The van der Waals surface area contributed by atoms with E-state index in [4.69, 9.17) is 4.98 Å². The molecule has 2 nitrogen and oxygen atoms in total. The molecule has 0 bridgehead atoms. The van der Waals surface area contributed by atoms with Crippen molar-refractivity contribution in [3.8, 4) is 33.5 Å². The van der Waals surface area contributed by atoms with E-state index in [2.05, 4.69) is 81.9 Å². The van der Waals surface area contributed by atoms with Gasteiger partial charge in [-0.15, -0.1) is 0 Å². The van der Waals surface area contributed by atoms with Gasteiger partial charge in [0, 0.05) is 34.4 Å². The monoisotopic (exact) mass is 409 g/mol. The predicted octanol–water partition coefficient (Wildman–Crippen LogP) is 6.30. The first kappa shape index (κ1) is 19.6. The molecule has 0 radical (unpaired) electrons. The predicted molar refractivity (Wildman–Crippen MR) is 123 cm³/mol. The first-order valence-corrected chi connectivity index (χ1v) is 10.7. The largest absolute Gasteiger partial charge is 0.257 e. The van der Waals surface area contributed by atoms with Gasteiger partial charge in [-0.05, 0) is 65.9 Å². The minimum atomic E-state index is -0.218. The third kappa shape index (κ3) is 3.07. The smallest absolute Gasteiger partial charge is 0.213 e. The fraction of sp³-hybridized carbons (Fsp3) is 0.214. The summed E-state index contributed by atoms with van der Waals surface area (Å²) >= 11 is 0. The lowest BCUT2D eigenvalue weighted by molar-refractivity contribution is -0.660. The number of rotatable bonds is 2. The van der Waals surface area contributed by atoms with E-state index in [9.17, 15) is 4.39 Å². The molecule has 3 heteroatoms. The Morgan fingerprint density at radius 3 is 2.29 bits per heavy atom. The number of fused-ring (bicyclic) bond motifs is 3. The Kier molecular flexibility index (Phi) is 4.33. The number of halogens is 1. The zero-order valence-electron chi connectivity index (χ0n) is 18.6. The van der Waals surface area contributed by atoms with Gasteiger partial charge in [-0.2, -0.15) is 0 Å². The maximum absolute atomic E-state index is 13.4. The molecule has 31 heavy (non-hydrogen) atoms. The van der Waals surface area contributed by atoms with E-state index in [1.807, 2.05) is 12.1 Å². The fourth-order valence-electron chi connectivity index (χ4n) is 4.76. The Labute approximate surface area is 183 Å². The summed E-state index contributed by atoms with van der Waals surface area (Å²) in [5.41, 5.74) is 11.6. The Morgan fingerprint density at radius 1 is 0.806 bits per heavy atom. The topological polar surface area (TPSA) is 16.8 Å². The van der Waals surface area contributed by atoms with Crippen LogP contribution in [0.3, 0.4) is 0 Å². The molecule has 1 aliphatic rings. The Balaban J connectivity index is 1.70. The molecule has 0 saturated carbocycles. The fourth-order valence-corrected chi connectivity index (χ4v) is 4.76. The molecular formula is C28H26FN2+. The number of pyridine rings is 2. The molecule has 0 fully saturated rings. The number of nitrogens with zero attached hydrogens (tertiary/aromatic N) is 2. The molecule has 2 aromatic heterocycles. The minimum absolute atomic E-state index is 0.113. The van der Waals surface area contributed by atoms with Crippen molar-refractivity contribution in [1.82, 2.24) is 4.98 Å². The Morgan fingerprint density at radius 2 is 1.55 bits per heavy atom. The lowest BCUT2D eigenvalue weighted by Gasteiger charge is -2.21. The maximum Gasteiger partial charge on any atom is 0.213 e. The van der Waals surface area contributed by atoms with Crippen molar-refractivity contribution in [2.75, 3.05) is 0 Å². The summed E-state index contributed by atoms with van der Waals surface area (Å²) in [7, 11) is 2.07. The molecule has 2 aromatic carbocycles. The molecule has 154 valence electrons. The van der Waals surface area contributed by atoms with Crippen LogP contribution < -0.4 is 4.57 Å². The number of hydrogen-bond acceptors (Lipinski definition) is 1. The lowest BCUT2D eigenvalue weighted by Crippen LogP contribution is -2.30. The van der Waals surface area contributed by atoms with Gasteiger partial charge in [0.05, 0.1) is 5.69 Å².